The second kappa shape index (κ2) is 6.12. The normalized spacial score (nSPS) is 16.5. The van der Waals surface area contributed by atoms with Crippen molar-refractivity contribution in [2.75, 3.05) is 18.0 Å². The van der Waals surface area contributed by atoms with E-state index in [1.807, 2.05) is 30.3 Å². The molecule has 4 nitrogen and oxygen atoms in total. The highest BCUT2D eigenvalue weighted by molar-refractivity contribution is 6.07. The van der Waals surface area contributed by atoms with Crippen LogP contribution in [-0.4, -0.2) is 23.9 Å². The van der Waals surface area contributed by atoms with E-state index in [9.17, 15) is 0 Å². The lowest BCUT2D eigenvalue weighted by Gasteiger charge is -2.26. The number of nitrogens with one attached hydrogen (secondary N) is 1. The smallest absolute Gasteiger partial charge is 0.129 e. The second-order valence-electron chi connectivity index (χ2n) is 5.71. The third kappa shape index (κ3) is 2.99. The highest BCUT2D eigenvalue weighted by Crippen LogP contribution is 2.24. The minimum atomic E-state index is 0.113. The zero-order valence-corrected chi connectivity index (χ0v) is 12.3. The summed E-state index contributed by atoms with van der Waals surface area (Å²) in [5.74, 6) is 1.07. The summed E-state index contributed by atoms with van der Waals surface area (Å²) in [6.45, 7) is 2.09. The number of amidine groups is 1. The highest BCUT2D eigenvalue weighted by atomic mass is 15.2. The SMILES string of the molecule is N=C(N)c1cc(N2CCCCCCC2)nc2ccccc12. The molecule has 4 heteroatoms. The Bertz CT molecular complexity index is 642. The van der Waals surface area contributed by atoms with Gasteiger partial charge in [-0.1, -0.05) is 37.5 Å². The van der Waals surface area contributed by atoms with Gasteiger partial charge in [-0.15, -0.1) is 0 Å². The molecule has 0 atom stereocenters. The van der Waals surface area contributed by atoms with Crippen LogP contribution in [-0.2, 0) is 0 Å². The van der Waals surface area contributed by atoms with E-state index in [0.717, 1.165) is 35.4 Å². The Balaban J connectivity index is 2.03. The van der Waals surface area contributed by atoms with E-state index in [1.54, 1.807) is 0 Å². The monoisotopic (exact) mass is 282 g/mol. The van der Waals surface area contributed by atoms with Gasteiger partial charge in [0.1, 0.15) is 11.7 Å². The number of fused-ring (bicyclic) bond motifs is 1. The average Bonchev–Trinajstić information content (AvgIpc) is 2.45. The molecule has 0 unspecified atom stereocenters. The van der Waals surface area contributed by atoms with Crippen LogP contribution in [0.25, 0.3) is 10.9 Å². The van der Waals surface area contributed by atoms with Crippen molar-refractivity contribution >= 4 is 22.6 Å². The molecule has 0 bridgehead atoms. The molecule has 0 aliphatic carbocycles. The number of pyridine rings is 1. The molecule has 2 heterocycles. The van der Waals surface area contributed by atoms with E-state index in [2.05, 4.69) is 4.90 Å². The van der Waals surface area contributed by atoms with Crippen molar-refractivity contribution in [1.29, 1.82) is 5.41 Å². The van der Waals surface area contributed by atoms with Crippen molar-refractivity contribution in [2.24, 2.45) is 5.73 Å². The molecule has 3 rings (SSSR count). The summed E-state index contributed by atoms with van der Waals surface area (Å²) in [7, 11) is 0. The van der Waals surface area contributed by atoms with Gasteiger partial charge < -0.3 is 10.6 Å². The average molecular weight is 282 g/mol. The molecule has 0 saturated carbocycles. The third-order valence-corrected chi connectivity index (χ3v) is 4.17. The van der Waals surface area contributed by atoms with Crippen LogP contribution < -0.4 is 10.6 Å². The molecule has 0 spiro atoms. The maximum atomic E-state index is 7.84. The Morgan fingerprint density at radius 2 is 1.71 bits per heavy atom. The molecule has 21 heavy (non-hydrogen) atoms. The van der Waals surface area contributed by atoms with Gasteiger partial charge in [0.2, 0.25) is 0 Å². The van der Waals surface area contributed by atoms with E-state index >= 15 is 0 Å². The summed E-state index contributed by atoms with van der Waals surface area (Å²) in [4.78, 5) is 7.13. The first-order chi connectivity index (χ1) is 10.3. The van der Waals surface area contributed by atoms with Crippen molar-refractivity contribution < 1.29 is 0 Å². The number of nitrogens with two attached hydrogens (primary N) is 1. The molecule has 3 N–H and O–H groups in total. The Morgan fingerprint density at radius 1 is 1.05 bits per heavy atom. The second-order valence-corrected chi connectivity index (χ2v) is 5.71. The molecular weight excluding hydrogens is 260 g/mol. The molecule has 1 fully saturated rings. The molecule has 0 amide bonds. The van der Waals surface area contributed by atoms with Gasteiger partial charge in [-0.05, 0) is 25.0 Å². The van der Waals surface area contributed by atoms with E-state index in [1.165, 1.54) is 32.1 Å². The summed E-state index contributed by atoms with van der Waals surface area (Å²) >= 11 is 0. The topological polar surface area (TPSA) is 66.0 Å². The lowest BCUT2D eigenvalue weighted by molar-refractivity contribution is 0.554. The number of rotatable bonds is 2. The van der Waals surface area contributed by atoms with E-state index in [0.29, 0.717) is 0 Å². The molecule has 0 radical (unpaired) electrons. The minimum Gasteiger partial charge on any atom is -0.384 e. The van der Waals surface area contributed by atoms with Crippen molar-refractivity contribution in [3.8, 4) is 0 Å². The van der Waals surface area contributed by atoms with Crippen LogP contribution in [0.15, 0.2) is 30.3 Å². The maximum Gasteiger partial charge on any atom is 0.129 e. The largest absolute Gasteiger partial charge is 0.384 e. The van der Waals surface area contributed by atoms with Crippen LogP contribution in [0.2, 0.25) is 0 Å². The number of nitrogen functional groups attached to an aromatic ring is 1. The van der Waals surface area contributed by atoms with E-state index in [4.69, 9.17) is 16.1 Å². The predicted molar refractivity (Wildman–Crippen MR) is 88.1 cm³/mol. The standard InChI is InChI=1S/C17H22N4/c18-17(19)14-12-16(20-15-9-5-4-8-13(14)15)21-10-6-2-1-3-7-11-21/h4-5,8-9,12H,1-3,6-7,10-11H2,(H3,18,19). The van der Waals surface area contributed by atoms with Gasteiger partial charge in [-0.25, -0.2) is 4.98 Å². The van der Waals surface area contributed by atoms with Crippen LogP contribution in [0.3, 0.4) is 0 Å². The van der Waals surface area contributed by atoms with Crippen molar-refractivity contribution in [2.45, 2.75) is 32.1 Å². The van der Waals surface area contributed by atoms with E-state index < -0.39 is 0 Å². The van der Waals surface area contributed by atoms with Crippen LogP contribution >= 0.6 is 0 Å². The quantitative estimate of drug-likeness (QED) is 0.656. The molecule has 1 saturated heterocycles. The number of hydrogen-bond donors (Lipinski definition) is 2. The first-order valence-electron chi connectivity index (χ1n) is 7.75. The lowest BCUT2D eigenvalue weighted by atomic mass is 10.1. The molecule has 2 aromatic rings. The first-order valence-corrected chi connectivity index (χ1v) is 7.75. The van der Waals surface area contributed by atoms with Crippen LogP contribution in [0.4, 0.5) is 5.82 Å². The summed E-state index contributed by atoms with van der Waals surface area (Å²) in [6, 6.07) is 9.90. The molecule has 1 aliphatic heterocycles. The number of anilines is 1. The van der Waals surface area contributed by atoms with Crippen LogP contribution in [0.1, 0.15) is 37.7 Å². The summed E-state index contributed by atoms with van der Waals surface area (Å²) in [6.07, 6.45) is 6.36. The van der Waals surface area contributed by atoms with Gasteiger partial charge >= 0.3 is 0 Å². The Labute approximate surface area is 125 Å². The number of nitrogens with zero attached hydrogens (tertiary/aromatic N) is 2. The number of aromatic nitrogens is 1. The summed E-state index contributed by atoms with van der Waals surface area (Å²) in [5.41, 5.74) is 7.48. The lowest BCUT2D eigenvalue weighted by Crippen LogP contribution is -2.28. The van der Waals surface area contributed by atoms with E-state index in [-0.39, 0.29) is 5.84 Å². The fraction of sp³-hybridized carbons (Fsp3) is 0.412. The van der Waals surface area contributed by atoms with Gasteiger partial charge in [0, 0.05) is 24.0 Å². The van der Waals surface area contributed by atoms with Crippen LogP contribution in [0, 0.1) is 5.41 Å². The molecule has 110 valence electrons. The van der Waals surface area contributed by atoms with Crippen molar-refractivity contribution in [3.05, 3.63) is 35.9 Å². The first kappa shape index (κ1) is 13.9. The number of benzene rings is 1. The van der Waals surface area contributed by atoms with Crippen molar-refractivity contribution in [3.63, 3.8) is 0 Å². The Kier molecular flexibility index (Phi) is 4.04. The van der Waals surface area contributed by atoms with Gasteiger partial charge in [0.15, 0.2) is 0 Å². The molecule has 1 aromatic heterocycles. The Hall–Kier alpha value is -2.10. The van der Waals surface area contributed by atoms with Gasteiger partial charge in [-0.3, -0.25) is 5.41 Å². The van der Waals surface area contributed by atoms with Gasteiger partial charge in [-0.2, -0.15) is 0 Å². The van der Waals surface area contributed by atoms with Gasteiger partial charge in [0.25, 0.3) is 0 Å². The zero-order chi connectivity index (χ0) is 14.7. The molecule has 1 aliphatic rings. The summed E-state index contributed by atoms with van der Waals surface area (Å²) in [5, 5.41) is 8.80. The third-order valence-electron chi connectivity index (χ3n) is 4.17. The Morgan fingerprint density at radius 3 is 2.43 bits per heavy atom. The predicted octanol–water partition coefficient (Wildman–Crippen LogP) is 3.29. The van der Waals surface area contributed by atoms with Gasteiger partial charge in [0.05, 0.1) is 5.52 Å². The fourth-order valence-electron chi connectivity index (χ4n) is 3.02. The molecule has 1 aromatic carbocycles. The highest BCUT2D eigenvalue weighted by Gasteiger charge is 2.14. The number of hydrogen-bond acceptors (Lipinski definition) is 3. The fourth-order valence-corrected chi connectivity index (χ4v) is 3.02. The summed E-state index contributed by atoms with van der Waals surface area (Å²) < 4.78 is 0. The number of para-hydroxylation sites is 1. The minimum absolute atomic E-state index is 0.113. The zero-order valence-electron chi connectivity index (χ0n) is 12.3. The maximum absolute atomic E-state index is 7.84. The van der Waals surface area contributed by atoms with Crippen molar-refractivity contribution in [1.82, 2.24) is 4.98 Å². The van der Waals surface area contributed by atoms with Crippen LogP contribution in [0.5, 0.6) is 0 Å². The molecular formula is C17H22N4.